The predicted octanol–water partition coefficient (Wildman–Crippen LogP) is 5.96. The van der Waals surface area contributed by atoms with Crippen LogP contribution in [0.2, 0.25) is 0 Å². The van der Waals surface area contributed by atoms with Gasteiger partial charge in [-0.15, -0.1) is 0 Å². The van der Waals surface area contributed by atoms with Crippen LogP contribution in [0.5, 0.6) is 0 Å². The molecule has 0 heterocycles. The van der Waals surface area contributed by atoms with Crippen molar-refractivity contribution < 1.29 is 60.1 Å². The maximum Gasteiger partial charge on any atom is 0.416 e. The maximum absolute atomic E-state index is 13.1. The Morgan fingerprint density at radius 3 is 1.61 bits per heavy atom. The largest absolute Gasteiger partial charge is 0.478 e. The zero-order valence-corrected chi connectivity index (χ0v) is 21.7. The molecule has 0 fully saturated rings. The van der Waals surface area contributed by atoms with Crippen molar-refractivity contribution in [2.75, 3.05) is 5.32 Å². The van der Waals surface area contributed by atoms with Crippen LogP contribution < -0.4 is 5.32 Å². The van der Waals surface area contributed by atoms with Crippen LogP contribution in [0.25, 0.3) is 0 Å². The number of benzene rings is 3. The van der Waals surface area contributed by atoms with Crippen LogP contribution in [-0.4, -0.2) is 41.1 Å². The molecule has 0 saturated carbocycles. The minimum Gasteiger partial charge on any atom is -0.478 e. The number of carboxylic acids is 1. The number of carboxylic acid groups (broad SMARTS) is 1. The highest BCUT2D eigenvalue weighted by Crippen LogP contribution is 2.31. The molecule has 15 heteroatoms. The molecule has 2 N–H and O–H groups in total. The van der Waals surface area contributed by atoms with Gasteiger partial charge in [0.25, 0.3) is 5.91 Å². The normalized spacial score (nSPS) is 13.0. The topological polar surface area (TPSA) is 119 Å². The standard InChI is InChI=1S/C26H16BrF6NO7/c27-17-9-1-2-10-18(17)34-21(35)19(40-23(38)13-5-3-7-15(11-13)25(28,29)30)20(22(36)37)41-24(39)14-6-4-8-16(12-14)26(31,32)33/h1-12,19-20H,(H,34,35)(H,36,37)/t19-,20+/m0/s1. The predicted molar refractivity (Wildman–Crippen MR) is 132 cm³/mol. The number of hydrogen-bond acceptors (Lipinski definition) is 6. The van der Waals surface area contributed by atoms with E-state index in [4.69, 9.17) is 9.47 Å². The fourth-order valence-corrected chi connectivity index (χ4v) is 3.66. The van der Waals surface area contributed by atoms with Gasteiger partial charge in [-0.2, -0.15) is 26.3 Å². The number of hydrogen-bond donors (Lipinski definition) is 2. The molecule has 0 saturated heterocycles. The first-order valence-corrected chi connectivity index (χ1v) is 11.9. The molecule has 0 unspecified atom stereocenters. The van der Waals surface area contributed by atoms with Crippen molar-refractivity contribution in [1.82, 2.24) is 0 Å². The van der Waals surface area contributed by atoms with Gasteiger partial charge in [-0.1, -0.05) is 24.3 Å². The van der Waals surface area contributed by atoms with E-state index in [1.165, 1.54) is 18.2 Å². The smallest absolute Gasteiger partial charge is 0.416 e. The second kappa shape index (κ2) is 12.4. The summed E-state index contributed by atoms with van der Waals surface area (Å²) in [5, 5.41) is 12.0. The van der Waals surface area contributed by atoms with Crippen LogP contribution >= 0.6 is 15.9 Å². The first kappa shape index (κ1) is 31.1. The number of halogens is 7. The Labute approximate surface area is 235 Å². The first-order valence-electron chi connectivity index (χ1n) is 11.1. The summed E-state index contributed by atoms with van der Waals surface area (Å²) in [7, 11) is 0. The van der Waals surface area contributed by atoms with Crippen molar-refractivity contribution in [3.8, 4) is 0 Å². The number of aliphatic carboxylic acids is 1. The van der Waals surface area contributed by atoms with Gasteiger partial charge in [0.2, 0.25) is 12.2 Å². The Kier molecular flexibility index (Phi) is 9.42. The van der Waals surface area contributed by atoms with Crippen molar-refractivity contribution >= 4 is 45.4 Å². The summed E-state index contributed by atoms with van der Waals surface area (Å²) in [5.74, 6) is -6.67. The zero-order valence-electron chi connectivity index (χ0n) is 20.1. The molecule has 2 atom stereocenters. The molecular formula is C26H16BrF6NO7. The number of rotatable bonds is 8. The van der Waals surface area contributed by atoms with Gasteiger partial charge in [-0.25, -0.2) is 14.4 Å². The van der Waals surface area contributed by atoms with E-state index in [0.29, 0.717) is 24.3 Å². The molecule has 8 nitrogen and oxygen atoms in total. The summed E-state index contributed by atoms with van der Waals surface area (Å²) in [6, 6.07) is 11.3. The van der Waals surface area contributed by atoms with Gasteiger partial charge in [0.05, 0.1) is 27.9 Å². The SMILES string of the molecule is O=C(O[C@H](C(=O)Nc1ccccc1Br)[C@@H](OC(=O)c1cccc(C(F)(F)F)c1)C(=O)O)c1cccc(C(F)(F)F)c1. The Hall–Kier alpha value is -4.40. The van der Waals surface area contributed by atoms with Gasteiger partial charge in [-0.3, -0.25) is 4.79 Å². The minimum atomic E-state index is -4.87. The van der Waals surface area contributed by atoms with Gasteiger partial charge in [0.15, 0.2) is 0 Å². The van der Waals surface area contributed by atoms with Crippen molar-refractivity contribution in [3.05, 3.63) is 99.5 Å². The lowest BCUT2D eigenvalue weighted by Crippen LogP contribution is -2.48. The third-order valence-electron chi connectivity index (χ3n) is 5.23. The molecular weight excluding hydrogens is 632 g/mol. The maximum atomic E-state index is 13.1. The molecule has 3 aromatic rings. The van der Waals surface area contributed by atoms with Gasteiger partial charge in [-0.05, 0) is 64.5 Å². The second-order valence-corrected chi connectivity index (χ2v) is 8.97. The van der Waals surface area contributed by atoms with Crippen molar-refractivity contribution in [1.29, 1.82) is 0 Å². The average molecular weight is 648 g/mol. The van der Waals surface area contributed by atoms with Crippen molar-refractivity contribution in [2.24, 2.45) is 0 Å². The van der Waals surface area contributed by atoms with E-state index >= 15 is 0 Å². The van der Waals surface area contributed by atoms with Gasteiger partial charge in [0, 0.05) is 4.47 Å². The number of anilines is 1. The molecule has 1 amide bonds. The van der Waals surface area contributed by atoms with Crippen molar-refractivity contribution in [3.63, 3.8) is 0 Å². The summed E-state index contributed by atoms with van der Waals surface area (Å²) in [5.41, 5.74) is -3.97. The lowest BCUT2D eigenvalue weighted by molar-refractivity contribution is -0.157. The molecule has 0 aromatic heterocycles. The summed E-state index contributed by atoms with van der Waals surface area (Å²) in [4.78, 5) is 50.6. The van der Waals surface area contributed by atoms with Crippen LogP contribution in [0.1, 0.15) is 31.8 Å². The number of nitrogens with one attached hydrogen (secondary N) is 1. The second-order valence-electron chi connectivity index (χ2n) is 8.12. The highest BCUT2D eigenvalue weighted by molar-refractivity contribution is 9.10. The third-order valence-corrected chi connectivity index (χ3v) is 5.92. The molecule has 0 spiro atoms. The summed E-state index contributed by atoms with van der Waals surface area (Å²) < 4.78 is 88.6. The van der Waals surface area contributed by atoms with E-state index in [2.05, 4.69) is 21.2 Å². The molecule has 41 heavy (non-hydrogen) atoms. The number of carbonyl (C=O) groups excluding carboxylic acids is 3. The van der Waals surface area contributed by atoms with E-state index in [-0.39, 0.29) is 10.2 Å². The zero-order chi connectivity index (χ0) is 30.5. The quantitative estimate of drug-likeness (QED) is 0.229. The van der Waals surface area contributed by atoms with E-state index in [0.717, 1.165) is 24.3 Å². The number of esters is 2. The van der Waals surface area contributed by atoms with E-state index in [1.54, 1.807) is 6.07 Å². The molecule has 0 radical (unpaired) electrons. The van der Waals surface area contributed by atoms with Gasteiger partial charge >= 0.3 is 30.3 Å². The summed E-state index contributed by atoms with van der Waals surface area (Å²) >= 11 is 3.12. The Morgan fingerprint density at radius 1 is 0.707 bits per heavy atom. The third kappa shape index (κ3) is 8.06. The van der Waals surface area contributed by atoms with E-state index in [9.17, 15) is 50.6 Å². The van der Waals surface area contributed by atoms with Crippen LogP contribution in [0, 0.1) is 0 Å². The highest BCUT2D eigenvalue weighted by Gasteiger charge is 2.42. The summed E-state index contributed by atoms with van der Waals surface area (Å²) in [6.07, 6.45) is -14.9. The summed E-state index contributed by atoms with van der Waals surface area (Å²) in [6.45, 7) is 0. The van der Waals surface area contributed by atoms with Crippen LogP contribution in [0.4, 0.5) is 32.0 Å². The first-order chi connectivity index (χ1) is 19.1. The van der Waals surface area contributed by atoms with E-state index < -0.39 is 70.6 Å². The number of alkyl halides is 6. The van der Waals surface area contributed by atoms with Gasteiger partial charge < -0.3 is 19.9 Å². The molecule has 3 rings (SSSR count). The molecule has 0 aliphatic carbocycles. The monoisotopic (exact) mass is 647 g/mol. The number of para-hydroxylation sites is 1. The molecule has 0 aliphatic rings. The molecule has 216 valence electrons. The number of carbonyl (C=O) groups is 4. The minimum absolute atomic E-state index is 0.0333. The number of amides is 1. The Morgan fingerprint density at radius 2 is 1.17 bits per heavy atom. The average Bonchev–Trinajstić information content (AvgIpc) is 2.90. The van der Waals surface area contributed by atoms with Crippen molar-refractivity contribution in [2.45, 2.75) is 24.6 Å². The van der Waals surface area contributed by atoms with Gasteiger partial charge in [0.1, 0.15) is 0 Å². The molecule has 0 bridgehead atoms. The fourth-order valence-electron chi connectivity index (χ4n) is 3.27. The molecule has 3 aromatic carbocycles. The van der Waals surface area contributed by atoms with Crippen LogP contribution in [-0.2, 0) is 31.4 Å². The Bertz CT molecular complexity index is 1470. The molecule has 0 aliphatic heterocycles. The number of ether oxygens (including phenoxy) is 2. The Balaban J connectivity index is 1.98. The van der Waals surface area contributed by atoms with Crippen LogP contribution in [0.3, 0.4) is 0 Å². The fraction of sp³-hybridized carbons (Fsp3) is 0.154. The highest BCUT2D eigenvalue weighted by atomic mass is 79.9. The van der Waals surface area contributed by atoms with Crippen LogP contribution in [0.15, 0.2) is 77.3 Å². The van der Waals surface area contributed by atoms with E-state index in [1.807, 2.05) is 0 Å². The lowest BCUT2D eigenvalue weighted by atomic mass is 10.1. The lowest BCUT2D eigenvalue weighted by Gasteiger charge is -2.24.